The molecule has 1 aliphatic heterocycles. The van der Waals surface area contributed by atoms with Crippen LogP contribution in [0.4, 0.5) is 15.8 Å². The van der Waals surface area contributed by atoms with E-state index in [0.717, 1.165) is 0 Å². The number of nitrogens with one attached hydrogen (secondary N) is 3. The van der Waals surface area contributed by atoms with Crippen molar-refractivity contribution in [3.8, 4) is 18.4 Å². The summed E-state index contributed by atoms with van der Waals surface area (Å²) in [5.74, 6) is 1.37. The lowest BCUT2D eigenvalue weighted by Crippen LogP contribution is -2.27. The molecule has 0 bridgehead atoms. The zero-order valence-corrected chi connectivity index (χ0v) is 20.5. The summed E-state index contributed by atoms with van der Waals surface area (Å²) in [6.07, 6.45) is 8.94. The SMILES string of the molecule is C#C[C@H](N)CNc1ccc(C(=O)Nc2cc(F)c3nn(C)cc3c2)c2nc(OCC3CNC(=O)C3)ncc12. The highest BCUT2D eigenvalue weighted by atomic mass is 19.1. The maximum Gasteiger partial charge on any atom is 0.316 e. The summed E-state index contributed by atoms with van der Waals surface area (Å²) < 4.78 is 21.8. The number of benzene rings is 2. The third kappa shape index (κ3) is 5.18. The number of hydrogen-bond acceptors (Lipinski definition) is 8. The Kier molecular flexibility index (Phi) is 6.76. The van der Waals surface area contributed by atoms with E-state index in [4.69, 9.17) is 16.9 Å². The Morgan fingerprint density at radius 2 is 2.24 bits per heavy atom. The highest BCUT2D eigenvalue weighted by molar-refractivity contribution is 6.14. The number of ether oxygens (including phenoxy) is 1. The summed E-state index contributed by atoms with van der Waals surface area (Å²) in [5, 5.41) is 13.8. The molecular formula is C26H25FN8O3. The maximum absolute atomic E-state index is 14.6. The highest BCUT2D eigenvalue weighted by Gasteiger charge is 2.23. The van der Waals surface area contributed by atoms with Crippen LogP contribution in [0.5, 0.6) is 6.01 Å². The molecule has 1 unspecified atom stereocenters. The molecule has 2 aromatic carbocycles. The summed E-state index contributed by atoms with van der Waals surface area (Å²) in [5.41, 5.74) is 7.49. The average Bonchev–Trinajstić information content (AvgIpc) is 3.49. The number of carbonyl (C=O) groups is 2. The third-order valence-corrected chi connectivity index (χ3v) is 6.14. The largest absolute Gasteiger partial charge is 0.463 e. The molecule has 1 fully saturated rings. The molecule has 2 amide bonds. The topological polar surface area (TPSA) is 149 Å². The number of terminal acetylenes is 1. The molecule has 5 N–H and O–H groups in total. The van der Waals surface area contributed by atoms with Gasteiger partial charge in [0.2, 0.25) is 5.91 Å². The van der Waals surface area contributed by atoms with E-state index in [2.05, 4.69) is 36.9 Å². The van der Waals surface area contributed by atoms with Crippen molar-refractivity contribution in [2.45, 2.75) is 12.5 Å². The summed E-state index contributed by atoms with van der Waals surface area (Å²) in [7, 11) is 1.69. The second-order valence-electron chi connectivity index (χ2n) is 9.07. The Balaban J connectivity index is 1.46. The number of hydrogen-bond donors (Lipinski definition) is 4. The Hall–Kier alpha value is -4.76. The minimum atomic E-state index is -0.550. The summed E-state index contributed by atoms with van der Waals surface area (Å²) in [6, 6.07) is 5.69. The van der Waals surface area contributed by atoms with Crippen LogP contribution < -0.4 is 26.4 Å². The first-order valence-corrected chi connectivity index (χ1v) is 11.9. The molecule has 2 atom stereocenters. The molecule has 3 heterocycles. The van der Waals surface area contributed by atoms with E-state index in [1.165, 1.54) is 16.9 Å². The monoisotopic (exact) mass is 516 g/mol. The first-order chi connectivity index (χ1) is 18.3. The van der Waals surface area contributed by atoms with Gasteiger partial charge in [-0.3, -0.25) is 14.3 Å². The van der Waals surface area contributed by atoms with E-state index >= 15 is 0 Å². The number of aromatic nitrogens is 4. The van der Waals surface area contributed by atoms with Crippen molar-refractivity contribution in [3.05, 3.63) is 48.0 Å². The number of nitrogens with zero attached hydrogens (tertiary/aromatic N) is 4. The van der Waals surface area contributed by atoms with Gasteiger partial charge in [-0.05, 0) is 24.3 Å². The van der Waals surface area contributed by atoms with E-state index in [-0.39, 0.29) is 41.2 Å². The van der Waals surface area contributed by atoms with Crippen molar-refractivity contribution in [2.24, 2.45) is 18.7 Å². The summed E-state index contributed by atoms with van der Waals surface area (Å²) in [6.45, 7) is 1.05. The molecule has 194 valence electrons. The standard InChI is InChI=1S/C26H25FN8O3/c1-3-16(28)10-29-21-5-4-18(25(37)32-17-7-15-12-35(2)34-23(15)20(27)8-17)24-19(21)11-31-26(33-24)38-13-14-6-22(36)30-9-14/h1,4-5,7-8,11-12,14,16,29H,6,9-10,13,28H2,2H3,(H,30,36)(H,32,37)/t14?,16-/m0/s1. The van der Waals surface area contributed by atoms with Crippen LogP contribution in [0, 0.1) is 24.1 Å². The fourth-order valence-electron chi connectivity index (χ4n) is 4.25. The van der Waals surface area contributed by atoms with Gasteiger partial charge in [0.05, 0.1) is 23.7 Å². The van der Waals surface area contributed by atoms with Crippen molar-refractivity contribution in [3.63, 3.8) is 0 Å². The molecule has 1 aliphatic rings. The van der Waals surface area contributed by atoms with Crippen molar-refractivity contribution in [2.75, 3.05) is 30.3 Å². The van der Waals surface area contributed by atoms with Crippen molar-refractivity contribution in [1.29, 1.82) is 0 Å². The van der Waals surface area contributed by atoms with Crippen LogP contribution in [0.2, 0.25) is 0 Å². The molecule has 5 rings (SSSR count). The molecule has 0 aliphatic carbocycles. The van der Waals surface area contributed by atoms with Gasteiger partial charge in [-0.25, -0.2) is 9.37 Å². The number of rotatable bonds is 8. The molecular weight excluding hydrogens is 491 g/mol. The number of halogens is 1. The van der Waals surface area contributed by atoms with Crippen LogP contribution >= 0.6 is 0 Å². The van der Waals surface area contributed by atoms with Crippen LogP contribution in [0.1, 0.15) is 16.8 Å². The van der Waals surface area contributed by atoms with E-state index < -0.39 is 17.8 Å². The molecule has 0 spiro atoms. The second kappa shape index (κ2) is 10.3. The van der Waals surface area contributed by atoms with Gasteiger partial charge in [0.1, 0.15) is 5.52 Å². The molecule has 12 heteroatoms. The Labute approximate surface area is 216 Å². The van der Waals surface area contributed by atoms with Crippen LogP contribution in [-0.4, -0.2) is 57.3 Å². The first-order valence-electron chi connectivity index (χ1n) is 11.9. The van der Waals surface area contributed by atoms with E-state index in [0.29, 0.717) is 41.5 Å². The predicted octanol–water partition coefficient (Wildman–Crippen LogP) is 1.80. The van der Waals surface area contributed by atoms with Crippen molar-refractivity contribution < 1.29 is 18.7 Å². The van der Waals surface area contributed by atoms with Crippen LogP contribution in [0.15, 0.2) is 36.7 Å². The Morgan fingerprint density at radius 3 is 3.00 bits per heavy atom. The normalized spacial score (nSPS) is 15.7. The van der Waals surface area contributed by atoms with Crippen LogP contribution in [-0.2, 0) is 11.8 Å². The molecule has 1 saturated heterocycles. The van der Waals surface area contributed by atoms with Gasteiger partial charge in [0.25, 0.3) is 5.91 Å². The zero-order chi connectivity index (χ0) is 26.8. The molecule has 38 heavy (non-hydrogen) atoms. The predicted molar refractivity (Wildman–Crippen MR) is 140 cm³/mol. The smallest absolute Gasteiger partial charge is 0.316 e. The van der Waals surface area contributed by atoms with Gasteiger partial charge in [0, 0.05) is 67.0 Å². The highest BCUT2D eigenvalue weighted by Crippen LogP contribution is 2.28. The quantitative estimate of drug-likeness (QED) is 0.259. The number of carbonyl (C=O) groups excluding carboxylic acids is 2. The van der Waals surface area contributed by atoms with Crippen LogP contribution in [0.3, 0.4) is 0 Å². The van der Waals surface area contributed by atoms with Gasteiger partial charge < -0.3 is 26.4 Å². The summed E-state index contributed by atoms with van der Waals surface area (Å²) >= 11 is 0. The van der Waals surface area contributed by atoms with Crippen molar-refractivity contribution >= 4 is 45.0 Å². The average molecular weight is 517 g/mol. The molecule has 2 aromatic heterocycles. The second-order valence-corrected chi connectivity index (χ2v) is 9.07. The van der Waals surface area contributed by atoms with Gasteiger partial charge >= 0.3 is 6.01 Å². The van der Waals surface area contributed by atoms with E-state index in [1.807, 2.05) is 0 Å². The van der Waals surface area contributed by atoms with Crippen LogP contribution in [0.25, 0.3) is 21.8 Å². The number of fused-ring (bicyclic) bond motifs is 2. The maximum atomic E-state index is 14.6. The lowest BCUT2D eigenvalue weighted by molar-refractivity contribution is -0.119. The van der Waals surface area contributed by atoms with Gasteiger partial charge in [-0.2, -0.15) is 10.1 Å². The lowest BCUT2D eigenvalue weighted by atomic mass is 10.1. The third-order valence-electron chi connectivity index (χ3n) is 6.14. The minimum absolute atomic E-state index is 0.0000992. The fraction of sp³-hybridized carbons (Fsp3) is 0.269. The zero-order valence-electron chi connectivity index (χ0n) is 20.5. The van der Waals surface area contributed by atoms with E-state index in [9.17, 15) is 14.0 Å². The lowest BCUT2D eigenvalue weighted by Gasteiger charge is -2.15. The molecule has 0 saturated carbocycles. The number of aryl methyl sites for hydroxylation is 1. The first kappa shape index (κ1) is 24.9. The van der Waals surface area contributed by atoms with Gasteiger partial charge in [-0.1, -0.05) is 5.92 Å². The fourth-order valence-corrected chi connectivity index (χ4v) is 4.25. The number of anilines is 2. The summed E-state index contributed by atoms with van der Waals surface area (Å²) in [4.78, 5) is 33.6. The van der Waals surface area contributed by atoms with Gasteiger partial charge in [0.15, 0.2) is 5.82 Å². The number of nitrogens with two attached hydrogens (primary N) is 1. The Morgan fingerprint density at radius 1 is 1.39 bits per heavy atom. The minimum Gasteiger partial charge on any atom is -0.463 e. The molecule has 4 aromatic rings. The molecule has 0 radical (unpaired) electrons. The Bertz CT molecular complexity index is 1600. The molecule has 11 nitrogen and oxygen atoms in total. The van der Waals surface area contributed by atoms with Crippen molar-refractivity contribution in [1.82, 2.24) is 25.1 Å². The van der Waals surface area contributed by atoms with Gasteiger partial charge in [-0.15, -0.1) is 6.42 Å². The number of amides is 2. The van der Waals surface area contributed by atoms with E-state index in [1.54, 1.807) is 31.4 Å².